The predicted molar refractivity (Wildman–Crippen MR) is 105 cm³/mol. The maximum atomic E-state index is 13.4. The van der Waals surface area contributed by atoms with Crippen molar-refractivity contribution in [3.05, 3.63) is 72.3 Å². The largest absolute Gasteiger partial charge is 0.312 e. The molecule has 0 saturated carbocycles. The van der Waals surface area contributed by atoms with Crippen molar-refractivity contribution in [1.29, 1.82) is 0 Å². The predicted octanol–water partition coefficient (Wildman–Crippen LogP) is 4.39. The van der Waals surface area contributed by atoms with E-state index in [1.807, 2.05) is 24.3 Å². The Morgan fingerprint density at radius 3 is 2.81 bits per heavy atom. The zero-order valence-corrected chi connectivity index (χ0v) is 15.7. The fourth-order valence-electron chi connectivity index (χ4n) is 2.89. The van der Waals surface area contributed by atoms with Gasteiger partial charge in [0, 0.05) is 7.05 Å². The van der Waals surface area contributed by atoms with E-state index in [9.17, 15) is 9.18 Å². The Morgan fingerprint density at radius 1 is 1.22 bits per heavy atom. The summed E-state index contributed by atoms with van der Waals surface area (Å²) in [7, 11) is 1.69. The average molecular weight is 380 g/mol. The number of aromatic nitrogens is 3. The van der Waals surface area contributed by atoms with Gasteiger partial charge in [-0.3, -0.25) is 4.79 Å². The molecule has 2 aromatic heterocycles. The summed E-state index contributed by atoms with van der Waals surface area (Å²) in [4.78, 5) is 18.9. The van der Waals surface area contributed by atoms with Crippen molar-refractivity contribution in [3.8, 4) is 5.13 Å². The Morgan fingerprint density at radius 2 is 2.04 bits per heavy atom. The second kappa shape index (κ2) is 6.92. The van der Waals surface area contributed by atoms with Crippen LogP contribution in [-0.2, 0) is 4.79 Å². The Labute approximate surface area is 159 Å². The van der Waals surface area contributed by atoms with Crippen LogP contribution in [-0.4, -0.2) is 27.7 Å². The zero-order chi connectivity index (χ0) is 19.0. The zero-order valence-electron chi connectivity index (χ0n) is 14.8. The van der Waals surface area contributed by atoms with Gasteiger partial charge in [-0.05, 0) is 36.8 Å². The van der Waals surface area contributed by atoms with Crippen LogP contribution in [0, 0.1) is 5.82 Å². The molecule has 0 aliphatic rings. The molecule has 1 unspecified atom stereocenters. The van der Waals surface area contributed by atoms with Crippen molar-refractivity contribution in [3.63, 3.8) is 0 Å². The van der Waals surface area contributed by atoms with Gasteiger partial charge in [-0.2, -0.15) is 5.10 Å². The third-order valence-electron chi connectivity index (χ3n) is 4.48. The number of fused-ring (bicyclic) bond motifs is 1. The van der Waals surface area contributed by atoms with Crippen molar-refractivity contribution < 1.29 is 9.18 Å². The second-order valence-electron chi connectivity index (χ2n) is 6.28. The number of para-hydroxylation sites is 1. The first-order valence-electron chi connectivity index (χ1n) is 8.46. The first kappa shape index (κ1) is 17.4. The first-order valence-corrected chi connectivity index (χ1v) is 9.28. The lowest BCUT2D eigenvalue weighted by Crippen LogP contribution is -2.30. The number of amides is 1. The summed E-state index contributed by atoms with van der Waals surface area (Å²) in [6, 6.07) is 14.0. The van der Waals surface area contributed by atoms with Crippen LogP contribution in [0.2, 0.25) is 0 Å². The molecule has 0 spiro atoms. The summed E-state index contributed by atoms with van der Waals surface area (Å²) in [6.45, 7) is 1.77. The minimum Gasteiger partial charge on any atom is -0.312 e. The van der Waals surface area contributed by atoms with E-state index in [0.29, 0.717) is 11.3 Å². The molecule has 0 aliphatic heterocycles. The lowest BCUT2D eigenvalue weighted by atomic mass is 10.00. The molecule has 0 aliphatic carbocycles. The highest BCUT2D eigenvalue weighted by atomic mass is 32.1. The van der Waals surface area contributed by atoms with E-state index < -0.39 is 5.92 Å². The molecular formula is C20H17FN4OS. The Kier molecular flexibility index (Phi) is 4.45. The minimum absolute atomic E-state index is 0.135. The highest BCUT2D eigenvalue weighted by Crippen LogP contribution is 2.26. The van der Waals surface area contributed by atoms with E-state index in [1.165, 1.54) is 28.4 Å². The summed E-state index contributed by atoms with van der Waals surface area (Å²) >= 11 is 1.53. The quantitative estimate of drug-likeness (QED) is 0.528. The number of rotatable bonds is 4. The SMILES string of the molecule is CC(C(=O)N(C)c1cnn(-c2nc3ccccc3s2)c1)c1cccc(F)c1. The van der Waals surface area contributed by atoms with Gasteiger partial charge in [0.2, 0.25) is 11.0 Å². The van der Waals surface area contributed by atoms with Gasteiger partial charge >= 0.3 is 0 Å². The molecule has 5 nitrogen and oxygen atoms in total. The molecule has 1 amide bonds. The summed E-state index contributed by atoms with van der Waals surface area (Å²) in [5.74, 6) is -0.945. The molecule has 0 bridgehead atoms. The van der Waals surface area contributed by atoms with Crippen LogP contribution in [0.5, 0.6) is 0 Å². The van der Waals surface area contributed by atoms with Crippen LogP contribution in [0.3, 0.4) is 0 Å². The normalized spacial score (nSPS) is 12.3. The van der Waals surface area contributed by atoms with E-state index in [0.717, 1.165) is 15.3 Å². The van der Waals surface area contributed by atoms with Crippen molar-refractivity contribution in [1.82, 2.24) is 14.8 Å². The third-order valence-corrected chi connectivity index (χ3v) is 5.51. The van der Waals surface area contributed by atoms with Crippen molar-refractivity contribution >= 4 is 33.1 Å². The van der Waals surface area contributed by atoms with Crippen molar-refractivity contribution in [2.75, 3.05) is 11.9 Å². The second-order valence-corrected chi connectivity index (χ2v) is 7.29. The number of carbonyl (C=O) groups excluding carboxylic acids is 1. The molecule has 0 N–H and O–H groups in total. The third kappa shape index (κ3) is 3.33. The van der Waals surface area contributed by atoms with Crippen LogP contribution in [0.25, 0.3) is 15.3 Å². The topological polar surface area (TPSA) is 51.0 Å². The summed E-state index contributed by atoms with van der Waals surface area (Å²) in [5.41, 5.74) is 2.21. The first-order chi connectivity index (χ1) is 13.0. The van der Waals surface area contributed by atoms with Gasteiger partial charge in [0.05, 0.1) is 34.2 Å². The molecule has 0 fully saturated rings. The van der Waals surface area contributed by atoms with Crippen LogP contribution in [0.4, 0.5) is 10.1 Å². The summed E-state index contributed by atoms with van der Waals surface area (Å²) in [6.07, 6.45) is 3.40. The van der Waals surface area contributed by atoms with E-state index in [2.05, 4.69) is 10.1 Å². The smallest absolute Gasteiger partial charge is 0.234 e. The number of likely N-dealkylation sites (N-methyl/N-ethyl adjacent to an activating group) is 1. The maximum Gasteiger partial charge on any atom is 0.234 e. The molecule has 7 heteroatoms. The molecule has 0 radical (unpaired) electrons. The highest BCUT2D eigenvalue weighted by Gasteiger charge is 2.22. The van der Waals surface area contributed by atoms with Crippen LogP contribution in [0.15, 0.2) is 60.9 Å². The number of halogens is 1. The van der Waals surface area contributed by atoms with Crippen molar-refractivity contribution in [2.45, 2.75) is 12.8 Å². The minimum atomic E-state index is -0.462. The molecular weight excluding hydrogens is 363 g/mol. The lowest BCUT2D eigenvalue weighted by molar-refractivity contribution is -0.119. The number of hydrogen-bond acceptors (Lipinski definition) is 4. The molecule has 0 saturated heterocycles. The van der Waals surface area contributed by atoms with Crippen LogP contribution >= 0.6 is 11.3 Å². The Hall–Kier alpha value is -3.06. The number of thiazole rings is 1. The van der Waals surface area contributed by atoms with Crippen LogP contribution in [0.1, 0.15) is 18.4 Å². The number of benzene rings is 2. The van der Waals surface area contributed by atoms with Crippen molar-refractivity contribution in [2.24, 2.45) is 0 Å². The highest BCUT2D eigenvalue weighted by molar-refractivity contribution is 7.20. The molecule has 136 valence electrons. The van der Waals surface area contributed by atoms with Gasteiger partial charge in [-0.25, -0.2) is 14.1 Å². The van der Waals surface area contributed by atoms with E-state index in [4.69, 9.17) is 0 Å². The van der Waals surface area contributed by atoms with E-state index in [1.54, 1.807) is 43.2 Å². The molecule has 2 aromatic carbocycles. The number of nitrogens with zero attached hydrogens (tertiary/aromatic N) is 4. The van der Waals surface area contributed by atoms with E-state index >= 15 is 0 Å². The molecule has 1 atom stereocenters. The monoisotopic (exact) mass is 380 g/mol. The number of anilines is 1. The number of hydrogen-bond donors (Lipinski definition) is 0. The fourth-order valence-corrected chi connectivity index (χ4v) is 3.78. The fraction of sp³-hybridized carbons (Fsp3) is 0.150. The Balaban J connectivity index is 1.57. The van der Waals surface area contributed by atoms with Gasteiger partial charge in [-0.15, -0.1) is 0 Å². The number of carbonyl (C=O) groups is 1. The molecule has 4 rings (SSSR count). The van der Waals surface area contributed by atoms with Gasteiger partial charge in [0.15, 0.2) is 0 Å². The lowest BCUT2D eigenvalue weighted by Gasteiger charge is -2.20. The van der Waals surface area contributed by atoms with Gasteiger partial charge in [0.25, 0.3) is 0 Å². The van der Waals surface area contributed by atoms with E-state index in [-0.39, 0.29) is 11.7 Å². The molecule has 2 heterocycles. The average Bonchev–Trinajstić information content (AvgIpc) is 3.33. The van der Waals surface area contributed by atoms with Gasteiger partial charge in [0.1, 0.15) is 5.82 Å². The summed E-state index contributed by atoms with van der Waals surface area (Å²) in [5, 5.41) is 5.08. The van der Waals surface area contributed by atoms with Crippen LogP contribution < -0.4 is 4.90 Å². The molecule has 27 heavy (non-hydrogen) atoms. The van der Waals surface area contributed by atoms with Gasteiger partial charge < -0.3 is 4.90 Å². The maximum absolute atomic E-state index is 13.4. The Bertz CT molecular complexity index is 1090. The molecule has 4 aromatic rings. The summed E-state index contributed by atoms with van der Waals surface area (Å²) < 4.78 is 16.2. The van der Waals surface area contributed by atoms with Gasteiger partial charge in [-0.1, -0.05) is 35.6 Å². The standard InChI is InChI=1S/C20H17FN4OS/c1-13(14-6-5-7-15(21)10-14)19(26)24(2)16-11-22-25(12-16)20-23-17-8-3-4-9-18(17)27-20/h3-13H,1-2H3.